The number of nitrogens with two attached hydrogens (primary N) is 1. The molecule has 3 N–H and O–H groups in total. The number of hydrogen-bond donors (Lipinski definition) is 2. The quantitative estimate of drug-likeness (QED) is 0.878. The van der Waals surface area contributed by atoms with Crippen LogP contribution in [0.5, 0.6) is 0 Å². The van der Waals surface area contributed by atoms with Gasteiger partial charge < -0.3 is 11.1 Å². The Hall–Kier alpha value is -1.33. The first kappa shape index (κ1) is 13.1. The molecule has 1 atom stereocenters. The van der Waals surface area contributed by atoms with E-state index < -0.39 is 0 Å². The molecule has 2 aromatic rings. The summed E-state index contributed by atoms with van der Waals surface area (Å²) in [6.07, 6.45) is 1.97. The smallest absolute Gasteiger partial charge is 0.263 e. The third-order valence-electron chi connectivity index (χ3n) is 2.67. The third kappa shape index (κ3) is 2.91. The van der Waals surface area contributed by atoms with E-state index in [9.17, 15) is 4.79 Å². The van der Waals surface area contributed by atoms with Gasteiger partial charge in [-0.25, -0.2) is 0 Å². The highest BCUT2D eigenvalue weighted by Gasteiger charge is 2.18. The predicted octanol–water partition coefficient (Wildman–Crippen LogP) is 3.66. The molecule has 5 heteroatoms. The van der Waals surface area contributed by atoms with Crippen molar-refractivity contribution in [3.8, 4) is 0 Å². The van der Waals surface area contributed by atoms with E-state index in [0.29, 0.717) is 10.6 Å². The Morgan fingerprint density at radius 1 is 1.39 bits per heavy atom. The summed E-state index contributed by atoms with van der Waals surface area (Å²) in [6, 6.07) is 5.92. The van der Waals surface area contributed by atoms with E-state index in [0.717, 1.165) is 12.8 Å². The van der Waals surface area contributed by atoms with E-state index in [1.165, 1.54) is 16.2 Å². The number of thiophene rings is 2. The molecule has 2 aromatic heterocycles. The van der Waals surface area contributed by atoms with Crippen LogP contribution in [0.15, 0.2) is 29.0 Å². The molecule has 0 aliphatic carbocycles. The molecule has 18 heavy (non-hydrogen) atoms. The van der Waals surface area contributed by atoms with Gasteiger partial charge in [-0.2, -0.15) is 0 Å². The van der Waals surface area contributed by atoms with Gasteiger partial charge in [0.25, 0.3) is 5.91 Å². The topological polar surface area (TPSA) is 55.1 Å². The standard InChI is InChI=1S/C13H16N2OS2/c1-2-4-10(11-5-3-7-17-11)15-13(16)12-9(14)6-8-18-12/h3,5-8,10H,2,4,14H2,1H3,(H,15,16). The summed E-state index contributed by atoms with van der Waals surface area (Å²) in [5, 5.41) is 6.93. The highest BCUT2D eigenvalue weighted by Crippen LogP contribution is 2.25. The molecule has 96 valence electrons. The van der Waals surface area contributed by atoms with Crippen LogP contribution < -0.4 is 11.1 Å². The fourth-order valence-corrected chi connectivity index (χ4v) is 3.32. The van der Waals surface area contributed by atoms with E-state index in [1.807, 2.05) is 16.8 Å². The molecule has 2 rings (SSSR count). The average Bonchev–Trinajstić information content (AvgIpc) is 2.98. The number of hydrogen-bond acceptors (Lipinski definition) is 4. The van der Waals surface area contributed by atoms with E-state index in [2.05, 4.69) is 18.3 Å². The third-order valence-corrected chi connectivity index (χ3v) is 4.59. The van der Waals surface area contributed by atoms with Crippen LogP contribution in [0, 0.1) is 0 Å². The Labute approximate surface area is 115 Å². The van der Waals surface area contributed by atoms with Crippen LogP contribution >= 0.6 is 22.7 Å². The van der Waals surface area contributed by atoms with Gasteiger partial charge >= 0.3 is 0 Å². The van der Waals surface area contributed by atoms with Crippen molar-refractivity contribution in [1.82, 2.24) is 5.32 Å². The molecule has 0 aliphatic heterocycles. The fourth-order valence-electron chi connectivity index (χ4n) is 1.79. The normalized spacial score (nSPS) is 12.3. The van der Waals surface area contributed by atoms with E-state index in [-0.39, 0.29) is 11.9 Å². The van der Waals surface area contributed by atoms with Crippen molar-refractivity contribution in [1.29, 1.82) is 0 Å². The fraction of sp³-hybridized carbons (Fsp3) is 0.308. The predicted molar refractivity (Wildman–Crippen MR) is 78.2 cm³/mol. The van der Waals surface area contributed by atoms with Gasteiger partial charge in [-0.1, -0.05) is 19.4 Å². The molecular formula is C13H16N2OS2. The lowest BCUT2D eigenvalue weighted by atomic mass is 10.1. The lowest BCUT2D eigenvalue weighted by Crippen LogP contribution is -2.27. The molecule has 0 radical (unpaired) electrons. The summed E-state index contributed by atoms with van der Waals surface area (Å²) in [7, 11) is 0. The number of nitrogen functional groups attached to an aromatic ring is 1. The number of amides is 1. The summed E-state index contributed by atoms with van der Waals surface area (Å²) in [5.74, 6) is -0.0747. The van der Waals surface area contributed by atoms with Crippen molar-refractivity contribution in [2.24, 2.45) is 0 Å². The Bertz CT molecular complexity index is 505. The van der Waals surface area contributed by atoms with E-state index >= 15 is 0 Å². The summed E-state index contributed by atoms with van der Waals surface area (Å²) >= 11 is 3.05. The average molecular weight is 280 g/mol. The number of rotatable bonds is 5. The van der Waals surface area contributed by atoms with Crippen molar-refractivity contribution in [3.63, 3.8) is 0 Å². The van der Waals surface area contributed by atoms with Gasteiger partial charge in [0.15, 0.2) is 0 Å². The summed E-state index contributed by atoms with van der Waals surface area (Å²) in [6.45, 7) is 2.12. The molecule has 0 aliphatic rings. The van der Waals surface area contributed by atoms with Crippen LogP contribution in [0.2, 0.25) is 0 Å². The molecule has 0 fully saturated rings. The van der Waals surface area contributed by atoms with E-state index in [4.69, 9.17) is 5.73 Å². The number of anilines is 1. The largest absolute Gasteiger partial charge is 0.397 e. The summed E-state index contributed by atoms with van der Waals surface area (Å²) < 4.78 is 0. The molecule has 0 aromatic carbocycles. The lowest BCUT2D eigenvalue weighted by Gasteiger charge is -2.16. The van der Waals surface area contributed by atoms with Crippen molar-refractivity contribution in [2.45, 2.75) is 25.8 Å². The van der Waals surface area contributed by atoms with Crippen LogP contribution in [0.25, 0.3) is 0 Å². The van der Waals surface area contributed by atoms with Crippen LogP contribution in [-0.4, -0.2) is 5.91 Å². The first-order valence-corrected chi connectivity index (χ1v) is 7.65. The van der Waals surface area contributed by atoms with Gasteiger partial charge in [-0.05, 0) is 29.3 Å². The van der Waals surface area contributed by atoms with Gasteiger partial charge in [0.2, 0.25) is 0 Å². The van der Waals surface area contributed by atoms with Gasteiger partial charge in [-0.15, -0.1) is 22.7 Å². The van der Waals surface area contributed by atoms with E-state index in [1.54, 1.807) is 17.4 Å². The molecule has 1 amide bonds. The molecule has 1 unspecified atom stereocenters. The summed E-state index contributed by atoms with van der Waals surface area (Å²) in [5.41, 5.74) is 6.32. The van der Waals surface area contributed by atoms with Crippen LogP contribution in [0.4, 0.5) is 5.69 Å². The maximum atomic E-state index is 12.1. The van der Waals surface area contributed by atoms with Gasteiger partial charge in [0.1, 0.15) is 4.88 Å². The van der Waals surface area contributed by atoms with Crippen LogP contribution in [0.1, 0.15) is 40.4 Å². The highest BCUT2D eigenvalue weighted by atomic mass is 32.1. The Kier molecular flexibility index (Phi) is 4.38. The van der Waals surface area contributed by atoms with Crippen LogP contribution in [-0.2, 0) is 0 Å². The lowest BCUT2D eigenvalue weighted by molar-refractivity contribution is 0.0940. The molecule has 3 nitrogen and oxygen atoms in total. The second-order valence-corrected chi connectivity index (χ2v) is 5.93. The SMILES string of the molecule is CCCC(NC(=O)c1sccc1N)c1cccs1. The second kappa shape index (κ2) is 6.02. The zero-order valence-electron chi connectivity index (χ0n) is 10.2. The molecule has 0 bridgehead atoms. The zero-order valence-corrected chi connectivity index (χ0v) is 11.8. The number of carbonyl (C=O) groups excluding carboxylic acids is 1. The molecule has 0 spiro atoms. The van der Waals surface area contributed by atoms with Crippen LogP contribution in [0.3, 0.4) is 0 Å². The monoisotopic (exact) mass is 280 g/mol. The van der Waals surface area contributed by atoms with Gasteiger partial charge in [0.05, 0.1) is 11.7 Å². The minimum absolute atomic E-state index is 0.0747. The zero-order chi connectivity index (χ0) is 13.0. The first-order valence-electron chi connectivity index (χ1n) is 5.89. The second-order valence-electron chi connectivity index (χ2n) is 4.04. The molecule has 2 heterocycles. The Morgan fingerprint density at radius 3 is 2.78 bits per heavy atom. The first-order chi connectivity index (χ1) is 8.72. The van der Waals surface area contributed by atoms with Crippen molar-refractivity contribution in [3.05, 3.63) is 38.7 Å². The highest BCUT2D eigenvalue weighted by molar-refractivity contribution is 7.12. The molecule has 0 saturated carbocycles. The Morgan fingerprint density at radius 2 is 2.22 bits per heavy atom. The van der Waals surface area contributed by atoms with Crippen molar-refractivity contribution < 1.29 is 4.79 Å². The maximum Gasteiger partial charge on any atom is 0.263 e. The Balaban J connectivity index is 2.10. The maximum absolute atomic E-state index is 12.1. The summed E-state index contributed by atoms with van der Waals surface area (Å²) in [4.78, 5) is 13.9. The minimum atomic E-state index is -0.0747. The number of carbonyl (C=O) groups is 1. The van der Waals surface area contributed by atoms with Crippen molar-refractivity contribution in [2.75, 3.05) is 5.73 Å². The van der Waals surface area contributed by atoms with Crippen molar-refractivity contribution >= 4 is 34.3 Å². The molecular weight excluding hydrogens is 264 g/mol. The van der Waals surface area contributed by atoms with Gasteiger partial charge in [0, 0.05) is 4.88 Å². The van der Waals surface area contributed by atoms with Gasteiger partial charge in [-0.3, -0.25) is 4.79 Å². The number of nitrogens with one attached hydrogen (secondary N) is 1. The molecule has 0 saturated heterocycles. The minimum Gasteiger partial charge on any atom is -0.397 e.